The molecule has 1 heterocycles. The number of rotatable bonds is 3. The Hall–Kier alpha value is -0.170. The predicted octanol–water partition coefficient (Wildman–Crippen LogP) is -0.665. The lowest BCUT2D eigenvalue weighted by Crippen LogP contribution is -2.51. The molecule has 0 aliphatic carbocycles. The predicted molar refractivity (Wildman–Crippen MR) is 59.2 cm³/mol. The third kappa shape index (κ3) is 4.46. The van der Waals surface area contributed by atoms with E-state index in [1.54, 1.807) is 13.8 Å². The molecule has 0 bridgehead atoms. The number of sulfonamides is 1. The number of β-amino-alcohol motifs (C(OH)–C–C–N with tert-alkyl or cyclic N) is 1. The number of hydrogen-bond donors (Lipinski definition) is 1. The fourth-order valence-electron chi connectivity index (χ4n) is 1.77. The lowest BCUT2D eigenvalue weighted by Gasteiger charge is -2.36. The zero-order valence-corrected chi connectivity index (χ0v) is 10.4. The minimum absolute atomic E-state index is 0.523. The molecule has 6 heteroatoms. The maximum absolute atomic E-state index is 11.2. The van der Waals surface area contributed by atoms with E-state index in [1.165, 1.54) is 10.6 Å². The van der Waals surface area contributed by atoms with Gasteiger partial charge >= 0.3 is 0 Å². The van der Waals surface area contributed by atoms with E-state index in [1.807, 2.05) is 0 Å². The molecule has 0 radical (unpaired) electrons. The van der Waals surface area contributed by atoms with Crippen LogP contribution in [0.1, 0.15) is 13.8 Å². The number of nitrogens with zero attached hydrogens (tertiary/aromatic N) is 2. The van der Waals surface area contributed by atoms with Crippen LogP contribution in [0.15, 0.2) is 0 Å². The highest BCUT2D eigenvalue weighted by molar-refractivity contribution is 7.88. The van der Waals surface area contributed by atoms with Crippen molar-refractivity contribution in [3.05, 3.63) is 0 Å². The molecule has 0 amide bonds. The van der Waals surface area contributed by atoms with Gasteiger partial charge in [-0.25, -0.2) is 8.42 Å². The molecular formula is C9H20N2O3S. The molecule has 15 heavy (non-hydrogen) atoms. The molecule has 1 N–H and O–H groups in total. The van der Waals surface area contributed by atoms with Crippen molar-refractivity contribution in [2.45, 2.75) is 19.4 Å². The summed E-state index contributed by atoms with van der Waals surface area (Å²) in [6.07, 6.45) is 1.23. The highest BCUT2D eigenvalue weighted by atomic mass is 32.2. The van der Waals surface area contributed by atoms with Crippen molar-refractivity contribution in [1.82, 2.24) is 9.21 Å². The summed E-state index contributed by atoms with van der Waals surface area (Å²) >= 11 is 0. The fraction of sp³-hybridized carbons (Fsp3) is 1.00. The van der Waals surface area contributed by atoms with E-state index in [-0.39, 0.29) is 0 Å². The zero-order chi connectivity index (χ0) is 11.7. The second-order valence-corrected chi connectivity index (χ2v) is 6.73. The topological polar surface area (TPSA) is 60.9 Å². The van der Waals surface area contributed by atoms with Gasteiger partial charge in [-0.1, -0.05) is 0 Å². The summed E-state index contributed by atoms with van der Waals surface area (Å²) in [4.78, 5) is 2.08. The molecule has 1 aliphatic heterocycles. The van der Waals surface area contributed by atoms with Gasteiger partial charge in [0.1, 0.15) is 0 Å². The van der Waals surface area contributed by atoms with Gasteiger partial charge in [0.15, 0.2) is 0 Å². The lowest BCUT2D eigenvalue weighted by atomic mass is 10.1. The second-order valence-electron chi connectivity index (χ2n) is 4.75. The van der Waals surface area contributed by atoms with Crippen LogP contribution in [0.5, 0.6) is 0 Å². The number of aliphatic hydroxyl groups is 1. The van der Waals surface area contributed by atoms with Crippen LogP contribution in [0.2, 0.25) is 0 Å². The van der Waals surface area contributed by atoms with Crippen LogP contribution in [0.4, 0.5) is 0 Å². The van der Waals surface area contributed by atoms with Gasteiger partial charge in [0.05, 0.1) is 11.9 Å². The molecule has 0 aromatic carbocycles. The van der Waals surface area contributed by atoms with Crippen molar-refractivity contribution in [1.29, 1.82) is 0 Å². The highest BCUT2D eigenvalue weighted by Crippen LogP contribution is 2.10. The molecule has 1 saturated heterocycles. The molecule has 0 spiro atoms. The summed E-state index contributed by atoms with van der Waals surface area (Å²) < 4.78 is 24.0. The minimum Gasteiger partial charge on any atom is -0.389 e. The van der Waals surface area contributed by atoms with Gasteiger partial charge < -0.3 is 5.11 Å². The Morgan fingerprint density at radius 2 is 1.67 bits per heavy atom. The third-order valence-corrected chi connectivity index (χ3v) is 3.71. The Kier molecular flexibility index (Phi) is 3.76. The van der Waals surface area contributed by atoms with Crippen LogP contribution in [0.25, 0.3) is 0 Å². The summed E-state index contributed by atoms with van der Waals surface area (Å²) in [5.74, 6) is 0. The molecule has 0 aromatic rings. The van der Waals surface area contributed by atoms with Crippen molar-refractivity contribution in [3.8, 4) is 0 Å². The first kappa shape index (κ1) is 12.9. The van der Waals surface area contributed by atoms with Crippen LogP contribution in [-0.4, -0.2) is 67.3 Å². The first-order valence-electron chi connectivity index (χ1n) is 5.08. The molecular weight excluding hydrogens is 216 g/mol. The van der Waals surface area contributed by atoms with Crippen LogP contribution >= 0.6 is 0 Å². The molecule has 5 nitrogen and oxygen atoms in total. The van der Waals surface area contributed by atoms with Crippen LogP contribution in [-0.2, 0) is 10.0 Å². The summed E-state index contributed by atoms with van der Waals surface area (Å²) in [5, 5.41) is 9.62. The quantitative estimate of drug-likeness (QED) is 0.706. The van der Waals surface area contributed by atoms with E-state index in [0.717, 1.165) is 0 Å². The third-order valence-electron chi connectivity index (χ3n) is 2.41. The standard InChI is InChI=1S/C9H20N2O3S/c1-9(2,12)8-10-4-6-11(7-5-10)15(3,13)14/h12H,4-8H2,1-3H3. The van der Waals surface area contributed by atoms with Gasteiger partial charge in [0, 0.05) is 32.7 Å². The second kappa shape index (κ2) is 4.37. The fourth-order valence-corrected chi connectivity index (χ4v) is 2.59. The van der Waals surface area contributed by atoms with E-state index in [9.17, 15) is 13.5 Å². The van der Waals surface area contributed by atoms with Crippen LogP contribution in [0.3, 0.4) is 0 Å². The monoisotopic (exact) mass is 236 g/mol. The van der Waals surface area contributed by atoms with Gasteiger partial charge in [-0.2, -0.15) is 4.31 Å². The summed E-state index contributed by atoms with van der Waals surface area (Å²) in [6.45, 7) is 6.54. The molecule has 0 unspecified atom stereocenters. The van der Waals surface area contributed by atoms with E-state index in [0.29, 0.717) is 32.7 Å². The van der Waals surface area contributed by atoms with Gasteiger partial charge in [-0.05, 0) is 13.8 Å². The Morgan fingerprint density at radius 3 is 2.00 bits per heavy atom. The van der Waals surface area contributed by atoms with Crippen molar-refractivity contribution >= 4 is 10.0 Å². The van der Waals surface area contributed by atoms with Gasteiger partial charge in [-0.3, -0.25) is 4.90 Å². The molecule has 0 atom stereocenters. The van der Waals surface area contributed by atoms with Gasteiger partial charge in [-0.15, -0.1) is 0 Å². The maximum Gasteiger partial charge on any atom is 0.211 e. The molecule has 0 aromatic heterocycles. The molecule has 1 rings (SSSR count). The summed E-state index contributed by atoms with van der Waals surface area (Å²) in [6, 6.07) is 0. The number of piperazine rings is 1. The summed E-state index contributed by atoms with van der Waals surface area (Å²) in [7, 11) is -3.05. The largest absolute Gasteiger partial charge is 0.389 e. The highest BCUT2D eigenvalue weighted by Gasteiger charge is 2.26. The van der Waals surface area contributed by atoms with Gasteiger partial charge in [0.25, 0.3) is 0 Å². The van der Waals surface area contributed by atoms with Crippen molar-refractivity contribution in [3.63, 3.8) is 0 Å². The minimum atomic E-state index is -3.05. The van der Waals surface area contributed by atoms with Gasteiger partial charge in [0.2, 0.25) is 10.0 Å². The smallest absolute Gasteiger partial charge is 0.211 e. The Bertz CT molecular complexity index is 300. The average molecular weight is 236 g/mol. The Morgan fingerprint density at radius 1 is 1.20 bits per heavy atom. The van der Waals surface area contributed by atoms with E-state index < -0.39 is 15.6 Å². The first-order chi connectivity index (χ1) is 6.68. The lowest BCUT2D eigenvalue weighted by molar-refractivity contribution is 0.0263. The van der Waals surface area contributed by atoms with E-state index in [4.69, 9.17) is 0 Å². The molecule has 0 saturated carbocycles. The molecule has 90 valence electrons. The Labute approximate surface area is 91.7 Å². The number of hydrogen-bond acceptors (Lipinski definition) is 4. The van der Waals surface area contributed by atoms with E-state index >= 15 is 0 Å². The van der Waals surface area contributed by atoms with Crippen molar-refractivity contribution in [2.75, 3.05) is 39.0 Å². The normalized spacial score (nSPS) is 21.9. The van der Waals surface area contributed by atoms with Crippen molar-refractivity contribution in [2.24, 2.45) is 0 Å². The Balaban J connectivity index is 2.43. The van der Waals surface area contributed by atoms with Crippen LogP contribution in [0, 0.1) is 0 Å². The van der Waals surface area contributed by atoms with Crippen LogP contribution < -0.4 is 0 Å². The average Bonchev–Trinajstić information content (AvgIpc) is 2.00. The maximum atomic E-state index is 11.2. The van der Waals surface area contributed by atoms with E-state index in [2.05, 4.69) is 4.90 Å². The summed E-state index contributed by atoms with van der Waals surface area (Å²) in [5.41, 5.74) is -0.715. The first-order valence-corrected chi connectivity index (χ1v) is 6.93. The molecule has 1 aliphatic rings. The zero-order valence-electron chi connectivity index (χ0n) is 9.60. The molecule has 1 fully saturated rings. The van der Waals surface area contributed by atoms with Crippen molar-refractivity contribution < 1.29 is 13.5 Å². The SMILES string of the molecule is CC(C)(O)CN1CCN(S(C)(=O)=O)CC1.